The zero-order chi connectivity index (χ0) is 14.5. The second-order valence-corrected chi connectivity index (χ2v) is 4.13. The number of hydrogen-bond donors (Lipinski definition) is 1. The molecular formula is C13H16N4O3. The molecule has 1 aromatic heterocycles. The number of imidazole rings is 1. The normalized spacial score (nSPS) is 10.5. The average Bonchev–Trinajstić information content (AvgIpc) is 2.87. The molecule has 0 unspecified atom stereocenters. The summed E-state index contributed by atoms with van der Waals surface area (Å²) in [5, 5.41) is 11.0. The van der Waals surface area contributed by atoms with Crippen LogP contribution in [0.4, 0.5) is 5.69 Å². The SMILES string of the molecule is CCOc1cc(-n2ccnc2CCN)cc([N+](=O)[O-])c1. The fourth-order valence-electron chi connectivity index (χ4n) is 1.95. The Labute approximate surface area is 116 Å². The smallest absolute Gasteiger partial charge is 0.275 e. The largest absolute Gasteiger partial charge is 0.494 e. The maximum atomic E-state index is 11.0. The summed E-state index contributed by atoms with van der Waals surface area (Å²) >= 11 is 0. The van der Waals surface area contributed by atoms with Crippen LogP contribution in [0.2, 0.25) is 0 Å². The Hall–Kier alpha value is -2.41. The highest BCUT2D eigenvalue weighted by Crippen LogP contribution is 2.26. The van der Waals surface area contributed by atoms with Crippen molar-refractivity contribution in [3.63, 3.8) is 0 Å². The number of non-ortho nitro benzene ring substituents is 1. The number of nitro benzene ring substituents is 1. The van der Waals surface area contributed by atoms with Gasteiger partial charge in [0.05, 0.1) is 23.3 Å². The van der Waals surface area contributed by atoms with Crippen molar-refractivity contribution in [2.45, 2.75) is 13.3 Å². The molecule has 2 N–H and O–H groups in total. The molecule has 20 heavy (non-hydrogen) atoms. The number of nitrogens with zero attached hydrogens (tertiary/aromatic N) is 3. The van der Waals surface area contributed by atoms with Crippen LogP contribution in [0.5, 0.6) is 5.75 Å². The molecule has 0 fully saturated rings. The van der Waals surface area contributed by atoms with Crippen LogP contribution in [0.1, 0.15) is 12.7 Å². The molecule has 0 aliphatic heterocycles. The zero-order valence-electron chi connectivity index (χ0n) is 11.2. The molecule has 0 spiro atoms. The second-order valence-electron chi connectivity index (χ2n) is 4.13. The van der Waals surface area contributed by atoms with Gasteiger partial charge in [0, 0.05) is 30.9 Å². The minimum Gasteiger partial charge on any atom is -0.494 e. The lowest BCUT2D eigenvalue weighted by molar-refractivity contribution is -0.384. The lowest BCUT2D eigenvalue weighted by Crippen LogP contribution is -2.09. The number of aromatic nitrogens is 2. The standard InChI is InChI=1S/C13H16N4O3/c1-2-20-12-8-10(7-11(9-12)17(18)19)16-6-5-15-13(16)3-4-14/h5-9H,2-4,14H2,1H3. The molecule has 0 aliphatic rings. The Balaban J connectivity index is 2.48. The van der Waals surface area contributed by atoms with Gasteiger partial charge in [0.2, 0.25) is 0 Å². The van der Waals surface area contributed by atoms with Crippen molar-refractivity contribution in [1.82, 2.24) is 9.55 Å². The third-order valence-electron chi connectivity index (χ3n) is 2.76. The molecule has 1 aromatic carbocycles. The lowest BCUT2D eigenvalue weighted by Gasteiger charge is -2.10. The third-order valence-corrected chi connectivity index (χ3v) is 2.76. The van der Waals surface area contributed by atoms with E-state index in [1.165, 1.54) is 12.1 Å². The minimum atomic E-state index is -0.439. The molecule has 1 heterocycles. The van der Waals surface area contributed by atoms with Gasteiger partial charge >= 0.3 is 0 Å². The highest BCUT2D eigenvalue weighted by Gasteiger charge is 2.13. The van der Waals surface area contributed by atoms with Crippen molar-refractivity contribution >= 4 is 5.69 Å². The topological polar surface area (TPSA) is 96.2 Å². The molecular weight excluding hydrogens is 260 g/mol. The Bertz CT molecular complexity index is 609. The van der Waals surface area contributed by atoms with Crippen LogP contribution in [-0.2, 0) is 6.42 Å². The maximum Gasteiger partial charge on any atom is 0.275 e. The summed E-state index contributed by atoms with van der Waals surface area (Å²) in [6.07, 6.45) is 3.99. The van der Waals surface area contributed by atoms with Gasteiger partial charge in [-0.1, -0.05) is 0 Å². The third kappa shape index (κ3) is 2.94. The molecule has 2 rings (SSSR count). The second kappa shape index (κ2) is 6.16. The average molecular weight is 276 g/mol. The first-order valence-electron chi connectivity index (χ1n) is 6.30. The van der Waals surface area contributed by atoms with E-state index in [2.05, 4.69) is 4.98 Å². The Morgan fingerprint density at radius 1 is 1.45 bits per heavy atom. The first-order valence-corrected chi connectivity index (χ1v) is 6.30. The summed E-state index contributed by atoms with van der Waals surface area (Å²) in [7, 11) is 0. The van der Waals surface area contributed by atoms with E-state index >= 15 is 0 Å². The van der Waals surface area contributed by atoms with Gasteiger partial charge in [-0.2, -0.15) is 0 Å². The quantitative estimate of drug-likeness (QED) is 0.639. The highest BCUT2D eigenvalue weighted by atomic mass is 16.6. The van der Waals surface area contributed by atoms with Crippen molar-refractivity contribution in [3.8, 4) is 11.4 Å². The first-order chi connectivity index (χ1) is 9.65. The minimum absolute atomic E-state index is 0.0154. The van der Waals surface area contributed by atoms with Gasteiger partial charge in [-0.05, 0) is 13.5 Å². The highest BCUT2D eigenvalue weighted by molar-refractivity contribution is 5.50. The number of benzene rings is 1. The molecule has 0 bridgehead atoms. The van der Waals surface area contributed by atoms with E-state index in [4.69, 9.17) is 10.5 Å². The molecule has 2 aromatic rings. The molecule has 7 heteroatoms. The number of hydrogen-bond acceptors (Lipinski definition) is 5. The van der Waals surface area contributed by atoms with Crippen molar-refractivity contribution in [1.29, 1.82) is 0 Å². The van der Waals surface area contributed by atoms with Crippen molar-refractivity contribution in [3.05, 3.63) is 46.5 Å². The van der Waals surface area contributed by atoms with Gasteiger partial charge < -0.3 is 15.0 Å². The zero-order valence-corrected chi connectivity index (χ0v) is 11.2. The van der Waals surface area contributed by atoms with E-state index in [1.807, 2.05) is 6.92 Å². The molecule has 0 saturated carbocycles. The predicted octanol–water partition coefficient (Wildman–Crippen LogP) is 1.68. The van der Waals surface area contributed by atoms with Crippen LogP contribution >= 0.6 is 0 Å². The molecule has 106 valence electrons. The van der Waals surface area contributed by atoms with E-state index in [1.54, 1.807) is 23.0 Å². The molecule has 0 radical (unpaired) electrons. The number of ether oxygens (including phenoxy) is 1. The van der Waals surface area contributed by atoms with Gasteiger partial charge in [0.15, 0.2) is 0 Å². The first kappa shape index (κ1) is 14.0. The molecule has 0 aliphatic carbocycles. The number of rotatable bonds is 6. The summed E-state index contributed by atoms with van der Waals surface area (Å²) < 4.78 is 7.15. The monoisotopic (exact) mass is 276 g/mol. The van der Waals surface area contributed by atoms with Gasteiger partial charge in [-0.3, -0.25) is 10.1 Å². The van der Waals surface area contributed by atoms with Gasteiger partial charge in [0.1, 0.15) is 11.6 Å². The van der Waals surface area contributed by atoms with Crippen LogP contribution in [0, 0.1) is 10.1 Å². The fourth-order valence-corrected chi connectivity index (χ4v) is 1.95. The van der Waals surface area contributed by atoms with Crippen molar-refractivity contribution in [2.24, 2.45) is 5.73 Å². The van der Waals surface area contributed by atoms with E-state index in [-0.39, 0.29) is 5.69 Å². The molecule has 0 saturated heterocycles. The van der Waals surface area contributed by atoms with Crippen LogP contribution in [0.15, 0.2) is 30.6 Å². The van der Waals surface area contributed by atoms with Crippen molar-refractivity contribution in [2.75, 3.05) is 13.2 Å². The maximum absolute atomic E-state index is 11.0. The molecule has 0 atom stereocenters. The van der Waals surface area contributed by atoms with E-state index in [0.29, 0.717) is 31.0 Å². The summed E-state index contributed by atoms with van der Waals surface area (Å²) in [6, 6.07) is 4.65. The van der Waals surface area contributed by atoms with Crippen LogP contribution in [0.3, 0.4) is 0 Å². The van der Waals surface area contributed by atoms with Crippen LogP contribution in [-0.4, -0.2) is 27.6 Å². The van der Waals surface area contributed by atoms with Crippen LogP contribution in [0.25, 0.3) is 5.69 Å². The van der Waals surface area contributed by atoms with Crippen LogP contribution < -0.4 is 10.5 Å². The molecule has 0 amide bonds. The van der Waals surface area contributed by atoms with E-state index < -0.39 is 4.92 Å². The van der Waals surface area contributed by atoms with E-state index in [0.717, 1.165) is 5.82 Å². The fraction of sp³-hybridized carbons (Fsp3) is 0.308. The van der Waals surface area contributed by atoms with Gasteiger partial charge in [-0.15, -0.1) is 0 Å². The summed E-state index contributed by atoms with van der Waals surface area (Å²) in [5.41, 5.74) is 6.16. The van der Waals surface area contributed by atoms with Crippen molar-refractivity contribution < 1.29 is 9.66 Å². The lowest BCUT2D eigenvalue weighted by atomic mass is 10.2. The Kier molecular flexibility index (Phi) is 4.31. The molecule has 7 nitrogen and oxygen atoms in total. The Morgan fingerprint density at radius 2 is 2.25 bits per heavy atom. The summed E-state index contributed by atoms with van der Waals surface area (Å²) in [5.74, 6) is 1.22. The Morgan fingerprint density at radius 3 is 2.90 bits per heavy atom. The van der Waals surface area contributed by atoms with Gasteiger partial charge in [0.25, 0.3) is 5.69 Å². The summed E-state index contributed by atoms with van der Waals surface area (Å²) in [4.78, 5) is 14.8. The predicted molar refractivity (Wildman–Crippen MR) is 74.1 cm³/mol. The van der Waals surface area contributed by atoms with Gasteiger partial charge in [-0.25, -0.2) is 4.98 Å². The number of nitro groups is 1. The van der Waals surface area contributed by atoms with E-state index in [9.17, 15) is 10.1 Å². The number of nitrogens with two attached hydrogens (primary N) is 1. The summed E-state index contributed by atoms with van der Waals surface area (Å²) in [6.45, 7) is 2.74.